The van der Waals surface area contributed by atoms with Gasteiger partial charge in [-0.1, -0.05) is 18.2 Å². The molecule has 1 aliphatic heterocycles. The molecule has 1 atom stereocenters. The van der Waals surface area contributed by atoms with Crippen LogP contribution in [0.1, 0.15) is 12.5 Å². The van der Waals surface area contributed by atoms with E-state index in [0.29, 0.717) is 13.0 Å². The summed E-state index contributed by atoms with van der Waals surface area (Å²) in [6.45, 7) is 2.47. The number of anilines is 1. The minimum absolute atomic E-state index is 0.0890. The fourth-order valence-electron chi connectivity index (χ4n) is 1.87. The minimum atomic E-state index is 0.0890. The average molecular weight is 190 g/mol. The first-order valence-corrected chi connectivity index (χ1v) is 4.84. The molecule has 1 heterocycles. The largest absolute Gasteiger partial charge is 0.328 e. The van der Waals surface area contributed by atoms with Gasteiger partial charge in [-0.2, -0.15) is 0 Å². The molecule has 74 valence electrons. The maximum absolute atomic E-state index is 11.7. The Bertz CT molecular complexity index is 362. The second-order valence-corrected chi connectivity index (χ2v) is 3.65. The normalized spacial score (nSPS) is 17.0. The highest BCUT2D eigenvalue weighted by atomic mass is 16.2. The van der Waals surface area contributed by atoms with Crippen LogP contribution in [-0.4, -0.2) is 18.5 Å². The Hall–Kier alpha value is -1.35. The van der Waals surface area contributed by atoms with E-state index in [9.17, 15) is 4.79 Å². The second kappa shape index (κ2) is 3.42. The number of carbonyl (C=O) groups is 1. The van der Waals surface area contributed by atoms with E-state index in [2.05, 4.69) is 0 Å². The first kappa shape index (κ1) is 9.21. The summed E-state index contributed by atoms with van der Waals surface area (Å²) in [7, 11) is 0. The molecular weight excluding hydrogens is 176 g/mol. The zero-order chi connectivity index (χ0) is 10.1. The van der Waals surface area contributed by atoms with Gasteiger partial charge in [-0.3, -0.25) is 4.79 Å². The lowest BCUT2D eigenvalue weighted by atomic mass is 10.2. The van der Waals surface area contributed by atoms with Gasteiger partial charge in [0.15, 0.2) is 0 Å². The van der Waals surface area contributed by atoms with Crippen LogP contribution in [0.4, 0.5) is 5.69 Å². The number of benzene rings is 1. The van der Waals surface area contributed by atoms with Crippen LogP contribution in [0, 0.1) is 0 Å². The molecule has 2 rings (SSSR count). The molecule has 0 radical (unpaired) electrons. The molecule has 0 aliphatic carbocycles. The molecule has 0 aromatic heterocycles. The van der Waals surface area contributed by atoms with E-state index >= 15 is 0 Å². The van der Waals surface area contributed by atoms with Crippen molar-refractivity contribution in [2.24, 2.45) is 5.73 Å². The van der Waals surface area contributed by atoms with Gasteiger partial charge in [-0.15, -0.1) is 0 Å². The van der Waals surface area contributed by atoms with Crippen LogP contribution >= 0.6 is 0 Å². The molecule has 0 fully saturated rings. The van der Waals surface area contributed by atoms with Crippen LogP contribution in [-0.2, 0) is 11.2 Å². The van der Waals surface area contributed by atoms with Crippen LogP contribution in [0.3, 0.4) is 0 Å². The Morgan fingerprint density at radius 3 is 2.93 bits per heavy atom. The Balaban J connectivity index is 2.39. The van der Waals surface area contributed by atoms with Crippen LogP contribution in [0.2, 0.25) is 0 Å². The predicted octanol–water partition coefficient (Wildman–Crippen LogP) is 0.923. The van der Waals surface area contributed by atoms with E-state index in [1.165, 1.54) is 0 Å². The summed E-state index contributed by atoms with van der Waals surface area (Å²) >= 11 is 0. The van der Waals surface area contributed by atoms with Crippen molar-refractivity contribution in [1.29, 1.82) is 0 Å². The van der Waals surface area contributed by atoms with Crippen molar-refractivity contribution in [3.63, 3.8) is 0 Å². The second-order valence-electron chi connectivity index (χ2n) is 3.65. The number of fused-ring (bicyclic) bond motifs is 1. The molecule has 0 spiro atoms. The van der Waals surface area contributed by atoms with E-state index in [0.717, 1.165) is 11.3 Å². The molecule has 14 heavy (non-hydrogen) atoms. The van der Waals surface area contributed by atoms with Gasteiger partial charge < -0.3 is 10.6 Å². The number of hydrogen-bond donors (Lipinski definition) is 1. The number of rotatable bonds is 2. The number of nitrogens with zero attached hydrogens (tertiary/aromatic N) is 1. The van der Waals surface area contributed by atoms with Crippen LogP contribution < -0.4 is 10.6 Å². The fourth-order valence-corrected chi connectivity index (χ4v) is 1.87. The highest BCUT2D eigenvalue weighted by molar-refractivity contribution is 6.01. The topological polar surface area (TPSA) is 46.3 Å². The van der Waals surface area contributed by atoms with Crippen molar-refractivity contribution in [2.45, 2.75) is 19.4 Å². The van der Waals surface area contributed by atoms with Crippen LogP contribution in [0.25, 0.3) is 0 Å². The van der Waals surface area contributed by atoms with Gasteiger partial charge in [0.05, 0.1) is 6.42 Å². The molecule has 2 N–H and O–H groups in total. The Morgan fingerprint density at radius 2 is 2.21 bits per heavy atom. The maximum Gasteiger partial charge on any atom is 0.231 e. The zero-order valence-electron chi connectivity index (χ0n) is 8.23. The maximum atomic E-state index is 11.7. The molecule has 1 aromatic carbocycles. The van der Waals surface area contributed by atoms with E-state index in [1.54, 1.807) is 4.90 Å². The summed E-state index contributed by atoms with van der Waals surface area (Å²) < 4.78 is 0. The molecule has 0 saturated carbocycles. The lowest BCUT2D eigenvalue weighted by molar-refractivity contribution is -0.117. The number of para-hydroxylation sites is 1. The van der Waals surface area contributed by atoms with Gasteiger partial charge in [0.1, 0.15) is 0 Å². The summed E-state index contributed by atoms with van der Waals surface area (Å²) in [6.07, 6.45) is 0.514. The molecule has 0 saturated heterocycles. The summed E-state index contributed by atoms with van der Waals surface area (Å²) in [5.41, 5.74) is 7.71. The average Bonchev–Trinajstić information content (AvgIpc) is 2.53. The quantitative estimate of drug-likeness (QED) is 0.753. The Labute approximate surface area is 83.5 Å². The molecule has 1 aliphatic rings. The van der Waals surface area contributed by atoms with Gasteiger partial charge in [0.2, 0.25) is 5.91 Å². The third-order valence-corrected chi connectivity index (χ3v) is 2.64. The SMILES string of the molecule is CC(CN)N1C(=O)Cc2ccccc21. The summed E-state index contributed by atoms with van der Waals surface area (Å²) in [6, 6.07) is 7.98. The van der Waals surface area contributed by atoms with Crippen molar-refractivity contribution < 1.29 is 4.79 Å². The molecule has 1 amide bonds. The molecular formula is C11H14N2O. The standard InChI is InChI=1S/C11H14N2O/c1-8(7-12)13-10-5-3-2-4-9(10)6-11(13)14/h2-5,8H,6-7,12H2,1H3. The minimum Gasteiger partial charge on any atom is -0.328 e. The highest BCUT2D eigenvalue weighted by Crippen LogP contribution is 2.29. The summed E-state index contributed by atoms with van der Waals surface area (Å²) in [5, 5.41) is 0. The zero-order valence-corrected chi connectivity index (χ0v) is 8.23. The third-order valence-electron chi connectivity index (χ3n) is 2.64. The van der Waals surface area contributed by atoms with E-state index < -0.39 is 0 Å². The molecule has 0 bridgehead atoms. The van der Waals surface area contributed by atoms with Gasteiger partial charge >= 0.3 is 0 Å². The monoisotopic (exact) mass is 190 g/mol. The number of hydrogen-bond acceptors (Lipinski definition) is 2. The summed E-state index contributed by atoms with van der Waals surface area (Å²) in [5.74, 6) is 0.157. The fraction of sp³-hybridized carbons (Fsp3) is 0.364. The van der Waals surface area contributed by atoms with Crippen molar-refractivity contribution in [3.8, 4) is 0 Å². The Morgan fingerprint density at radius 1 is 1.50 bits per heavy atom. The first-order chi connectivity index (χ1) is 6.74. The van der Waals surface area contributed by atoms with Crippen molar-refractivity contribution in [2.75, 3.05) is 11.4 Å². The highest BCUT2D eigenvalue weighted by Gasteiger charge is 2.29. The van der Waals surface area contributed by atoms with Crippen LogP contribution in [0.15, 0.2) is 24.3 Å². The van der Waals surface area contributed by atoms with Gasteiger partial charge in [-0.05, 0) is 18.6 Å². The smallest absolute Gasteiger partial charge is 0.231 e. The lowest BCUT2D eigenvalue weighted by Crippen LogP contribution is -2.40. The first-order valence-electron chi connectivity index (χ1n) is 4.84. The third kappa shape index (κ3) is 1.30. The van der Waals surface area contributed by atoms with Crippen LogP contribution in [0.5, 0.6) is 0 Å². The molecule has 1 unspecified atom stereocenters. The Kier molecular flexibility index (Phi) is 2.25. The predicted molar refractivity (Wildman–Crippen MR) is 56.1 cm³/mol. The number of amides is 1. The lowest BCUT2D eigenvalue weighted by Gasteiger charge is -2.23. The van der Waals surface area contributed by atoms with Gasteiger partial charge in [0, 0.05) is 18.3 Å². The van der Waals surface area contributed by atoms with Gasteiger partial charge in [0.25, 0.3) is 0 Å². The molecule has 3 heteroatoms. The van der Waals surface area contributed by atoms with Crippen molar-refractivity contribution in [1.82, 2.24) is 0 Å². The van der Waals surface area contributed by atoms with E-state index in [4.69, 9.17) is 5.73 Å². The summed E-state index contributed by atoms with van der Waals surface area (Å²) in [4.78, 5) is 13.5. The van der Waals surface area contributed by atoms with Crippen molar-refractivity contribution in [3.05, 3.63) is 29.8 Å². The molecule has 3 nitrogen and oxygen atoms in total. The van der Waals surface area contributed by atoms with Crippen molar-refractivity contribution >= 4 is 11.6 Å². The number of nitrogens with two attached hydrogens (primary N) is 1. The number of carbonyl (C=O) groups excluding carboxylic acids is 1. The van der Waals surface area contributed by atoms with Gasteiger partial charge in [-0.25, -0.2) is 0 Å². The van der Waals surface area contributed by atoms with E-state index in [-0.39, 0.29) is 11.9 Å². The molecule has 1 aromatic rings. The van der Waals surface area contributed by atoms with E-state index in [1.807, 2.05) is 31.2 Å².